The van der Waals surface area contributed by atoms with Gasteiger partial charge in [0.05, 0.1) is 33.1 Å². The van der Waals surface area contributed by atoms with Gasteiger partial charge in [-0.1, -0.05) is 29.3 Å². The van der Waals surface area contributed by atoms with Gasteiger partial charge in [0.25, 0.3) is 11.8 Å². The zero-order valence-corrected chi connectivity index (χ0v) is 18.4. The summed E-state index contributed by atoms with van der Waals surface area (Å²) in [7, 11) is 1.58. The number of hydrogen-bond acceptors (Lipinski definition) is 7. The smallest absolute Gasteiger partial charge is 0.257 e. The number of fused-ring (bicyclic) bond motifs is 1. The first kappa shape index (κ1) is 19.9. The van der Waals surface area contributed by atoms with Crippen molar-refractivity contribution in [2.45, 2.75) is 6.61 Å². The number of nitrogens with one attached hydrogen (secondary N) is 1. The molecular weight excluding hydrogens is 459 g/mol. The first-order valence-corrected chi connectivity index (χ1v) is 10.8. The van der Waals surface area contributed by atoms with Crippen LogP contribution in [0, 0.1) is 0 Å². The number of H-pyrrole nitrogens is 1. The topological polar surface area (TPSA) is 86.1 Å². The zero-order chi connectivity index (χ0) is 21.4. The number of aromatic nitrogens is 4. The fourth-order valence-electron chi connectivity index (χ4n) is 3.03. The number of methoxy groups -OCH3 is 1. The number of nitrogens with zero attached hydrogens (tertiary/aromatic N) is 3. The minimum Gasteiger partial charge on any atom is -0.493 e. The van der Waals surface area contributed by atoms with Gasteiger partial charge in [-0.05, 0) is 41.8 Å². The maximum absolute atomic E-state index is 6.09. The molecule has 7 nitrogen and oxygen atoms in total. The maximum Gasteiger partial charge on any atom is 0.257 e. The lowest BCUT2D eigenvalue weighted by Crippen LogP contribution is -1.98. The van der Waals surface area contributed by atoms with Gasteiger partial charge in [-0.2, -0.15) is 0 Å². The van der Waals surface area contributed by atoms with Crippen molar-refractivity contribution in [1.82, 2.24) is 20.2 Å². The number of ether oxygens (including phenoxy) is 2. The van der Waals surface area contributed by atoms with E-state index in [-0.39, 0.29) is 6.61 Å². The van der Waals surface area contributed by atoms with Crippen LogP contribution < -0.4 is 9.47 Å². The molecule has 0 fully saturated rings. The van der Waals surface area contributed by atoms with Crippen LogP contribution in [0.15, 0.2) is 52.3 Å². The van der Waals surface area contributed by atoms with Crippen LogP contribution >= 0.6 is 34.5 Å². The zero-order valence-electron chi connectivity index (χ0n) is 16.1. The Morgan fingerprint density at radius 1 is 1.06 bits per heavy atom. The summed E-state index contributed by atoms with van der Waals surface area (Å²) in [6.07, 6.45) is 0. The number of imidazole rings is 1. The number of rotatable bonds is 6. The number of thiophene rings is 1. The second-order valence-corrected chi connectivity index (χ2v) is 8.26. The molecule has 2 aromatic carbocycles. The van der Waals surface area contributed by atoms with Crippen LogP contribution in [0.2, 0.25) is 10.0 Å². The quantitative estimate of drug-likeness (QED) is 0.314. The molecule has 31 heavy (non-hydrogen) atoms. The largest absolute Gasteiger partial charge is 0.493 e. The minimum absolute atomic E-state index is 0.121. The summed E-state index contributed by atoms with van der Waals surface area (Å²) < 4.78 is 17.0. The lowest BCUT2D eigenvalue weighted by Gasteiger charge is -2.10. The Hall–Kier alpha value is -3.07. The van der Waals surface area contributed by atoms with E-state index in [1.165, 1.54) is 11.3 Å². The predicted molar refractivity (Wildman–Crippen MR) is 120 cm³/mol. The van der Waals surface area contributed by atoms with Gasteiger partial charge in [0.1, 0.15) is 5.82 Å². The van der Waals surface area contributed by atoms with Crippen molar-refractivity contribution in [1.29, 1.82) is 0 Å². The van der Waals surface area contributed by atoms with Crippen molar-refractivity contribution in [3.8, 4) is 33.7 Å². The van der Waals surface area contributed by atoms with Crippen molar-refractivity contribution in [3.05, 3.63) is 63.8 Å². The molecule has 0 amide bonds. The Morgan fingerprint density at radius 3 is 2.74 bits per heavy atom. The van der Waals surface area contributed by atoms with E-state index >= 15 is 0 Å². The lowest BCUT2D eigenvalue weighted by atomic mass is 10.2. The molecule has 5 rings (SSSR count). The van der Waals surface area contributed by atoms with E-state index in [0.29, 0.717) is 39.2 Å². The van der Waals surface area contributed by atoms with Gasteiger partial charge in [0.15, 0.2) is 18.1 Å². The highest BCUT2D eigenvalue weighted by molar-refractivity contribution is 7.13. The average molecular weight is 473 g/mol. The molecule has 0 saturated heterocycles. The van der Waals surface area contributed by atoms with E-state index in [4.69, 9.17) is 37.1 Å². The summed E-state index contributed by atoms with van der Waals surface area (Å²) >= 11 is 13.7. The average Bonchev–Trinajstić information content (AvgIpc) is 3.53. The number of halogens is 2. The molecule has 0 aliphatic carbocycles. The lowest BCUT2D eigenvalue weighted by molar-refractivity contribution is 0.251. The Kier molecular flexibility index (Phi) is 5.27. The van der Waals surface area contributed by atoms with Gasteiger partial charge >= 0.3 is 0 Å². The van der Waals surface area contributed by atoms with Crippen molar-refractivity contribution in [3.63, 3.8) is 0 Å². The van der Waals surface area contributed by atoms with Crippen LogP contribution in [-0.2, 0) is 6.61 Å². The third-order valence-electron chi connectivity index (χ3n) is 4.51. The van der Waals surface area contributed by atoms with Crippen LogP contribution in [0.5, 0.6) is 11.5 Å². The third-order valence-corrected chi connectivity index (χ3v) is 6.09. The van der Waals surface area contributed by atoms with Crippen LogP contribution in [0.25, 0.3) is 33.2 Å². The van der Waals surface area contributed by atoms with E-state index in [1.54, 1.807) is 25.3 Å². The Bertz CT molecular complexity index is 1330. The molecule has 0 aliphatic rings. The van der Waals surface area contributed by atoms with E-state index in [2.05, 4.69) is 20.2 Å². The second kappa shape index (κ2) is 8.22. The second-order valence-electron chi connectivity index (χ2n) is 6.50. The molecule has 0 radical (unpaired) electrons. The highest BCUT2D eigenvalue weighted by atomic mass is 35.5. The molecule has 0 atom stereocenters. The van der Waals surface area contributed by atoms with Crippen LogP contribution in [0.1, 0.15) is 5.89 Å². The number of aromatic amines is 1. The molecule has 5 aromatic rings. The molecule has 0 aliphatic heterocycles. The highest BCUT2D eigenvalue weighted by Crippen LogP contribution is 2.34. The van der Waals surface area contributed by atoms with Gasteiger partial charge in [0, 0.05) is 5.56 Å². The monoisotopic (exact) mass is 472 g/mol. The van der Waals surface area contributed by atoms with E-state index in [9.17, 15) is 0 Å². The molecule has 0 saturated carbocycles. The van der Waals surface area contributed by atoms with Gasteiger partial charge in [-0.25, -0.2) is 4.98 Å². The Labute approximate surface area is 190 Å². The standard InChI is InChI=1S/C21H14Cl2N4O3S/c1-28-17-7-11(20-24-14-8-12(22)13(23)9-15(14)25-20)4-5-16(17)29-10-19-26-27-21(30-19)18-3-2-6-31-18/h2-9H,10H2,1H3,(H,24,25). The van der Waals surface area contributed by atoms with Crippen molar-refractivity contribution < 1.29 is 13.9 Å². The fourth-order valence-corrected chi connectivity index (χ4v) is 3.99. The normalized spacial score (nSPS) is 11.2. The highest BCUT2D eigenvalue weighted by Gasteiger charge is 2.14. The summed E-state index contributed by atoms with van der Waals surface area (Å²) in [5.74, 6) is 2.61. The van der Waals surface area contributed by atoms with Gasteiger partial charge < -0.3 is 18.9 Å². The Balaban J connectivity index is 1.36. The summed E-state index contributed by atoms with van der Waals surface area (Å²) in [5.41, 5.74) is 2.34. The molecule has 0 spiro atoms. The van der Waals surface area contributed by atoms with Crippen LogP contribution in [-0.4, -0.2) is 27.3 Å². The van der Waals surface area contributed by atoms with Gasteiger partial charge in [-0.3, -0.25) is 0 Å². The summed E-state index contributed by atoms with van der Waals surface area (Å²) in [6, 6.07) is 12.8. The predicted octanol–water partition coefficient (Wildman–Crippen LogP) is 6.24. The van der Waals surface area contributed by atoms with Gasteiger partial charge in [0.2, 0.25) is 0 Å². The first-order valence-electron chi connectivity index (χ1n) is 9.13. The number of hydrogen-bond donors (Lipinski definition) is 1. The SMILES string of the molecule is COc1cc(-c2nc3cc(Cl)c(Cl)cc3[nH]2)ccc1OCc1nnc(-c2cccs2)o1. The van der Waals surface area contributed by atoms with Crippen molar-refractivity contribution in [2.75, 3.05) is 7.11 Å². The van der Waals surface area contributed by atoms with E-state index in [0.717, 1.165) is 21.5 Å². The Morgan fingerprint density at radius 2 is 1.94 bits per heavy atom. The third kappa shape index (κ3) is 3.97. The summed E-state index contributed by atoms with van der Waals surface area (Å²) in [6.45, 7) is 0.121. The maximum atomic E-state index is 6.09. The summed E-state index contributed by atoms with van der Waals surface area (Å²) in [5, 5.41) is 11.0. The first-order chi connectivity index (χ1) is 15.1. The molecular formula is C21H14Cl2N4O3S. The molecule has 3 heterocycles. The van der Waals surface area contributed by atoms with Crippen LogP contribution in [0.3, 0.4) is 0 Å². The van der Waals surface area contributed by atoms with Crippen molar-refractivity contribution >= 4 is 45.6 Å². The van der Waals surface area contributed by atoms with E-state index in [1.807, 2.05) is 29.6 Å². The molecule has 0 bridgehead atoms. The molecule has 10 heteroatoms. The van der Waals surface area contributed by atoms with Crippen molar-refractivity contribution in [2.24, 2.45) is 0 Å². The molecule has 1 N–H and O–H groups in total. The summed E-state index contributed by atoms with van der Waals surface area (Å²) in [4.78, 5) is 8.74. The number of benzene rings is 2. The van der Waals surface area contributed by atoms with Gasteiger partial charge in [-0.15, -0.1) is 21.5 Å². The molecule has 3 aromatic heterocycles. The molecule has 156 valence electrons. The fraction of sp³-hybridized carbons (Fsp3) is 0.0952. The minimum atomic E-state index is 0.121. The van der Waals surface area contributed by atoms with E-state index < -0.39 is 0 Å². The molecule has 0 unspecified atom stereocenters. The van der Waals surface area contributed by atoms with Crippen LogP contribution in [0.4, 0.5) is 0 Å².